The lowest BCUT2D eigenvalue weighted by molar-refractivity contribution is -0.122. The summed E-state index contributed by atoms with van der Waals surface area (Å²) in [5.74, 6) is -0.226. The van der Waals surface area contributed by atoms with E-state index in [1.807, 2.05) is 0 Å². The van der Waals surface area contributed by atoms with Gasteiger partial charge in [0, 0.05) is 6.42 Å². The van der Waals surface area contributed by atoms with Crippen molar-refractivity contribution in [1.29, 1.82) is 0 Å². The number of hydrogen-bond donors (Lipinski definition) is 2. The summed E-state index contributed by atoms with van der Waals surface area (Å²) in [4.78, 5) is 11.7. The summed E-state index contributed by atoms with van der Waals surface area (Å²) in [5, 5.41) is 3.02. The summed E-state index contributed by atoms with van der Waals surface area (Å²) in [7, 11) is 0. The van der Waals surface area contributed by atoms with Gasteiger partial charge in [0.05, 0.1) is 5.54 Å². The van der Waals surface area contributed by atoms with E-state index in [2.05, 4.69) is 5.32 Å². The van der Waals surface area contributed by atoms with Crippen LogP contribution in [0.1, 0.15) is 31.2 Å². The van der Waals surface area contributed by atoms with Crippen molar-refractivity contribution in [2.24, 2.45) is 5.73 Å². The van der Waals surface area contributed by atoms with Gasteiger partial charge in [-0.05, 0) is 43.5 Å². The lowest BCUT2D eigenvalue weighted by Gasteiger charge is -2.17. The highest BCUT2D eigenvalue weighted by molar-refractivity contribution is 5.77. The van der Waals surface area contributed by atoms with Gasteiger partial charge in [0.25, 0.3) is 0 Å². The van der Waals surface area contributed by atoms with Crippen LogP contribution >= 0.6 is 0 Å². The van der Waals surface area contributed by atoms with Gasteiger partial charge in [-0.25, -0.2) is 4.39 Å². The number of hydrogen-bond acceptors (Lipinski definition) is 2. The fourth-order valence-corrected chi connectivity index (χ4v) is 1.97. The standard InChI is InChI=1S/C13H17FN2O/c14-11-5-3-10(4-6-11)13(7-8-13)16-12(17)2-1-9-15/h3-6H,1-2,7-9,15H2,(H,16,17). The van der Waals surface area contributed by atoms with Crippen LogP contribution in [-0.4, -0.2) is 12.5 Å². The number of carbonyl (C=O) groups excluding carboxylic acids is 1. The Bertz CT molecular complexity index is 398. The van der Waals surface area contributed by atoms with E-state index in [0.29, 0.717) is 19.4 Å². The van der Waals surface area contributed by atoms with Crippen molar-refractivity contribution in [2.75, 3.05) is 6.54 Å². The molecule has 92 valence electrons. The second-order valence-corrected chi connectivity index (χ2v) is 4.53. The number of halogens is 1. The van der Waals surface area contributed by atoms with E-state index in [4.69, 9.17) is 5.73 Å². The maximum atomic E-state index is 12.8. The number of amides is 1. The van der Waals surface area contributed by atoms with Gasteiger partial charge in [0.15, 0.2) is 0 Å². The summed E-state index contributed by atoms with van der Waals surface area (Å²) in [6.45, 7) is 0.525. The first kappa shape index (κ1) is 12.0. The van der Waals surface area contributed by atoms with Crippen LogP contribution in [0.2, 0.25) is 0 Å². The molecule has 0 radical (unpaired) electrons. The highest BCUT2D eigenvalue weighted by Gasteiger charge is 2.45. The minimum absolute atomic E-state index is 0.0253. The van der Waals surface area contributed by atoms with E-state index < -0.39 is 0 Å². The van der Waals surface area contributed by atoms with Crippen LogP contribution in [-0.2, 0) is 10.3 Å². The van der Waals surface area contributed by atoms with Crippen molar-refractivity contribution in [3.8, 4) is 0 Å². The minimum atomic E-state index is -0.251. The van der Waals surface area contributed by atoms with E-state index in [9.17, 15) is 9.18 Å². The van der Waals surface area contributed by atoms with Crippen LogP contribution in [0.3, 0.4) is 0 Å². The third-order valence-corrected chi connectivity index (χ3v) is 3.13. The highest BCUT2D eigenvalue weighted by Crippen LogP contribution is 2.45. The van der Waals surface area contributed by atoms with Crippen LogP contribution in [0.15, 0.2) is 24.3 Å². The Balaban J connectivity index is 2.00. The SMILES string of the molecule is NCCCC(=O)NC1(c2ccc(F)cc2)CC1. The predicted molar refractivity (Wildman–Crippen MR) is 63.7 cm³/mol. The lowest BCUT2D eigenvalue weighted by Crippen LogP contribution is -2.34. The molecule has 0 spiro atoms. The van der Waals surface area contributed by atoms with Gasteiger partial charge in [0.2, 0.25) is 5.91 Å². The molecule has 1 fully saturated rings. The number of nitrogens with two attached hydrogens (primary N) is 1. The van der Waals surface area contributed by atoms with Gasteiger partial charge in [-0.3, -0.25) is 4.79 Å². The molecule has 1 saturated carbocycles. The first-order valence-corrected chi connectivity index (χ1v) is 5.93. The Morgan fingerprint density at radius 1 is 1.35 bits per heavy atom. The molecular weight excluding hydrogens is 219 g/mol. The first-order chi connectivity index (χ1) is 8.16. The molecule has 1 amide bonds. The van der Waals surface area contributed by atoms with Crippen LogP contribution in [0.5, 0.6) is 0 Å². The van der Waals surface area contributed by atoms with Gasteiger partial charge in [-0.15, -0.1) is 0 Å². The number of rotatable bonds is 5. The van der Waals surface area contributed by atoms with E-state index >= 15 is 0 Å². The van der Waals surface area contributed by atoms with Crippen molar-refractivity contribution < 1.29 is 9.18 Å². The second-order valence-electron chi connectivity index (χ2n) is 4.53. The maximum absolute atomic E-state index is 12.8. The molecule has 0 unspecified atom stereocenters. The molecule has 4 heteroatoms. The van der Waals surface area contributed by atoms with Crippen LogP contribution in [0.4, 0.5) is 4.39 Å². The van der Waals surface area contributed by atoms with Crippen LogP contribution < -0.4 is 11.1 Å². The van der Waals surface area contributed by atoms with E-state index in [1.165, 1.54) is 12.1 Å². The molecular formula is C13H17FN2O. The monoisotopic (exact) mass is 236 g/mol. The van der Waals surface area contributed by atoms with Gasteiger partial charge >= 0.3 is 0 Å². The number of benzene rings is 1. The fraction of sp³-hybridized carbons (Fsp3) is 0.462. The molecule has 1 aliphatic carbocycles. The van der Waals surface area contributed by atoms with Crippen molar-refractivity contribution in [2.45, 2.75) is 31.2 Å². The van der Waals surface area contributed by atoms with E-state index in [1.54, 1.807) is 12.1 Å². The zero-order valence-electron chi connectivity index (χ0n) is 9.71. The van der Waals surface area contributed by atoms with Crippen molar-refractivity contribution in [3.05, 3.63) is 35.6 Å². The summed E-state index contributed by atoms with van der Waals surface area (Å²) in [5.41, 5.74) is 6.10. The lowest BCUT2D eigenvalue weighted by atomic mass is 10.0. The molecule has 0 aliphatic heterocycles. The number of nitrogens with one attached hydrogen (secondary N) is 1. The van der Waals surface area contributed by atoms with Gasteiger partial charge < -0.3 is 11.1 Å². The summed E-state index contributed by atoms with van der Waals surface area (Å²) < 4.78 is 12.8. The third-order valence-electron chi connectivity index (χ3n) is 3.13. The molecule has 1 aromatic carbocycles. The molecule has 3 nitrogen and oxygen atoms in total. The molecule has 1 aliphatic rings. The van der Waals surface area contributed by atoms with E-state index in [-0.39, 0.29) is 17.3 Å². The topological polar surface area (TPSA) is 55.1 Å². The summed E-state index contributed by atoms with van der Waals surface area (Å²) in [6.07, 6.45) is 3.00. The van der Waals surface area contributed by atoms with Crippen molar-refractivity contribution in [1.82, 2.24) is 5.32 Å². The smallest absolute Gasteiger partial charge is 0.220 e. The van der Waals surface area contributed by atoms with Crippen LogP contribution in [0, 0.1) is 5.82 Å². The first-order valence-electron chi connectivity index (χ1n) is 5.93. The quantitative estimate of drug-likeness (QED) is 0.817. The van der Waals surface area contributed by atoms with Gasteiger partial charge in [-0.2, -0.15) is 0 Å². The number of carbonyl (C=O) groups is 1. The zero-order valence-corrected chi connectivity index (χ0v) is 9.71. The molecule has 0 heterocycles. The largest absolute Gasteiger partial charge is 0.347 e. The Labute approximate surface area is 100 Å². The van der Waals surface area contributed by atoms with Gasteiger partial charge in [0.1, 0.15) is 5.82 Å². The average molecular weight is 236 g/mol. The zero-order chi connectivity index (χ0) is 12.3. The third kappa shape index (κ3) is 2.82. The Morgan fingerprint density at radius 3 is 2.53 bits per heavy atom. The van der Waals surface area contributed by atoms with Crippen LogP contribution in [0.25, 0.3) is 0 Å². The molecule has 17 heavy (non-hydrogen) atoms. The minimum Gasteiger partial charge on any atom is -0.347 e. The molecule has 0 bridgehead atoms. The molecule has 0 aromatic heterocycles. The molecule has 0 atom stereocenters. The normalized spacial score (nSPS) is 16.6. The van der Waals surface area contributed by atoms with Crippen molar-refractivity contribution in [3.63, 3.8) is 0 Å². The second kappa shape index (κ2) is 4.84. The Kier molecular flexibility index (Phi) is 3.43. The highest BCUT2D eigenvalue weighted by atomic mass is 19.1. The molecule has 0 saturated heterocycles. The Morgan fingerprint density at radius 2 is 2.00 bits per heavy atom. The molecule has 2 rings (SSSR count). The summed E-state index contributed by atoms with van der Waals surface area (Å²) >= 11 is 0. The molecule has 3 N–H and O–H groups in total. The summed E-state index contributed by atoms with van der Waals surface area (Å²) in [6, 6.07) is 6.35. The van der Waals surface area contributed by atoms with Gasteiger partial charge in [-0.1, -0.05) is 12.1 Å². The van der Waals surface area contributed by atoms with E-state index in [0.717, 1.165) is 18.4 Å². The molecule has 1 aromatic rings. The average Bonchev–Trinajstić information content (AvgIpc) is 3.08. The Hall–Kier alpha value is -1.42. The fourth-order valence-electron chi connectivity index (χ4n) is 1.97. The van der Waals surface area contributed by atoms with Crippen molar-refractivity contribution >= 4 is 5.91 Å². The predicted octanol–water partition coefficient (Wildman–Crippen LogP) is 1.67. The maximum Gasteiger partial charge on any atom is 0.220 e.